The lowest BCUT2D eigenvalue weighted by molar-refractivity contribution is -0.317. The predicted molar refractivity (Wildman–Crippen MR) is 293 cm³/mol. The first kappa shape index (κ1) is 72.6. The lowest BCUT2D eigenvalue weighted by Gasteiger charge is -2.48. The average Bonchev–Trinajstić information content (AvgIpc) is 2.24. The van der Waals surface area contributed by atoms with E-state index in [0.29, 0.717) is 12.8 Å². The standard InChI is InChI=1S/C26H49N5O12.C25H47N5O12/c1-4-5-12(33)13(34)7-10-6-11(27)22(42-24-14(28)16(36)17(37)21(41-24)9(3)32)23(15(10)35)43-25-19(39)18(38)20(40-25)8(2)31-26(29)30;1-3-4-11(32)12(33)6-9-5-10(26)21(41-23-14(27)17(36)16(35)13(7-31)39-23)22(15(9)34)42-24-19(38)18(37)20(40-24)8(2)30-25(28)29/h8-12,14-25,32-33,35-39H,4-7,27-28H2,1-3H3,(H4,29,30,31);8-11,13-24,31-32,34-38H,3-7,26-27H2,1-2H3,(H4,28,29,30)/t8-,9-,10+,11?,12?,14?,15?,16-,17+,18-,19?,20-,21?,22-,23-,24-,25+;8-,9+,10?,11?,13?,14?,15?,16-,17-,18-,19?,20-,21-,22-,23-,24+/m11/s1. The molecule has 33 atom stereocenters. The number of nitrogens with zero attached hydrogens (tertiary/aromatic N) is 2. The highest BCUT2D eigenvalue weighted by atomic mass is 16.8. The summed E-state index contributed by atoms with van der Waals surface area (Å²) in [4.78, 5) is 33.2. The SMILES string of the molecule is CCCC(O)C(=O)C[C@@H]1CC(N)[C@@H](O[C@H]2OC(CO)[C@@H](O)[C@H](O)C2N)[C@H](O[C@@H]2O[C@H]([C@@H](C)N=C(N)N)[C@H](O)C2O)C1O.CCCC(O)C(=O)C[C@@H]1CC(N)[C@@H](O[C@H]2OC([C@@H](C)O)[C@@H](O)[C@H](O)C2N)[C@H](O[C@@H]2O[C@H]([C@@H](C)N=C(N)N)[C@H](O)C2O)C1O. The van der Waals surface area contributed by atoms with Gasteiger partial charge in [0.05, 0.1) is 49.1 Å². The van der Waals surface area contributed by atoms with Crippen LogP contribution in [0.2, 0.25) is 0 Å². The molecule has 34 nitrogen and oxygen atoms in total. The van der Waals surface area contributed by atoms with Gasteiger partial charge in [-0.3, -0.25) is 9.59 Å². The van der Waals surface area contributed by atoms with E-state index in [9.17, 15) is 81.1 Å². The summed E-state index contributed by atoms with van der Waals surface area (Å²) >= 11 is 0. The Kier molecular flexibility index (Phi) is 27.4. The maximum atomic E-state index is 12.7. The normalized spacial score (nSPS) is 44.0. The summed E-state index contributed by atoms with van der Waals surface area (Å²) < 4.78 is 46.7. The molecular weight excluding hydrogens is 1140 g/mol. The van der Waals surface area contributed by atoms with Gasteiger partial charge in [-0.2, -0.15) is 0 Å². The molecule has 2 saturated carbocycles. The second-order valence-electron chi connectivity index (χ2n) is 23.2. The van der Waals surface area contributed by atoms with E-state index in [1.54, 1.807) is 13.8 Å². The molecule has 0 amide bonds. The molecule has 0 aromatic rings. The molecule has 4 heterocycles. The van der Waals surface area contributed by atoms with E-state index in [4.69, 9.17) is 83.8 Å². The number of ketones is 2. The molecule has 4 aliphatic heterocycles. The van der Waals surface area contributed by atoms with Crippen LogP contribution >= 0.6 is 0 Å². The number of aliphatic imine (C=N–C) groups is 2. The van der Waals surface area contributed by atoms with E-state index in [-0.39, 0.29) is 50.4 Å². The minimum absolute atomic E-state index is 0.0318. The van der Waals surface area contributed by atoms with Crippen LogP contribution in [0.5, 0.6) is 0 Å². The Morgan fingerprint density at radius 3 is 1.18 bits per heavy atom. The highest BCUT2D eigenvalue weighted by Gasteiger charge is 2.56. The largest absolute Gasteiger partial charge is 0.394 e. The van der Waals surface area contributed by atoms with Crippen molar-refractivity contribution < 1.29 is 119 Å². The molecule has 12 unspecified atom stereocenters. The highest BCUT2D eigenvalue weighted by molar-refractivity contribution is 5.83. The topological polar surface area (TPSA) is 624 Å². The summed E-state index contributed by atoms with van der Waals surface area (Å²) in [6.07, 6.45) is -33.7. The number of nitrogens with two attached hydrogens (primary N) is 8. The van der Waals surface area contributed by atoms with Crippen LogP contribution in [0.15, 0.2) is 9.98 Å². The monoisotopic (exact) mass is 1230 g/mol. The molecule has 85 heavy (non-hydrogen) atoms. The minimum atomic E-state index is -1.62. The summed E-state index contributed by atoms with van der Waals surface area (Å²) in [6.45, 7) is 7.39. The summed E-state index contributed by atoms with van der Waals surface area (Å²) in [5.74, 6) is -3.14. The van der Waals surface area contributed by atoms with Crippen LogP contribution in [0, 0.1) is 11.8 Å². The Bertz CT molecular complexity index is 2150. The molecule has 0 aromatic heterocycles. The van der Waals surface area contributed by atoms with Crippen molar-refractivity contribution in [2.45, 2.75) is 276 Å². The number of Topliss-reactive ketones (excluding diaryl/α,β-unsaturated/α-hetero) is 2. The van der Waals surface area contributed by atoms with E-state index in [1.807, 2.05) is 13.8 Å². The maximum absolute atomic E-state index is 12.7. The number of rotatable bonds is 24. The molecule has 494 valence electrons. The smallest absolute Gasteiger partial charge is 0.187 e. The predicted octanol–water partition coefficient (Wildman–Crippen LogP) is -10.7. The Morgan fingerprint density at radius 1 is 0.482 bits per heavy atom. The van der Waals surface area contributed by atoms with Gasteiger partial charge in [0.15, 0.2) is 48.6 Å². The zero-order valence-corrected chi connectivity index (χ0v) is 48.3. The van der Waals surface area contributed by atoms with Crippen molar-refractivity contribution in [3.05, 3.63) is 0 Å². The Hall–Kier alpha value is -3.16. The molecule has 0 bridgehead atoms. The molecule has 34 heteroatoms. The van der Waals surface area contributed by atoms with Crippen molar-refractivity contribution in [3.8, 4) is 0 Å². The second kappa shape index (κ2) is 32.0. The van der Waals surface area contributed by atoms with Gasteiger partial charge < -0.3 is 155 Å². The quantitative estimate of drug-likeness (QED) is 0.0315. The summed E-state index contributed by atoms with van der Waals surface area (Å²) in [7, 11) is 0. The van der Waals surface area contributed by atoms with Crippen LogP contribution in [0.25, 0.3) is 0 Å². The van der Waals surface area contributed by atoms with Crippen molar-refractivity contribution in [3.63, 3.8) is 0 Å². The Morgan fingerprint density at radius 2 is 0.824 bits per heavy atom. The molecule has 30 N–H and O–H groups in total. The lowest BCUT2D eigenvalue weighted by atomic mass is 9.76. The highest BCUT2D eigenvalue weighted by Crippen LogP contribution is 2.39. The third-order valence-corrected chi connectivity index (χ3v) is 16.5. The average molecular weight is 1230 g/mol. The van der Waals surface area contributed by atoms with Crippen LogP contribution in [0.4, 0.5) is 0 Å². The number of aliphatic hydroxyl groups is 14. The maximum Gasteiger partial charge on any atom is 0.187 e. The van der Waals surface area contributed by atoms with Gasteiger partial charge in [0, 0.05) is 24.9 Å². The number of aliphatic hydroxyl groups excluding tert-OH is 14. The first-order valence-corrected chi connectivity index (χ1v) is 28.7. The molecule has 4 saturated heterocycles. The van der Waals surface area contributed by atoms with Crippen LogP contribution < -0.4 is 45.9 Å². The Labute approximate surface area is 491 Å². The minimum Gasteiger partial charge on any atom is -0.394 e. The third kappa shape index (κ3) is 17.6. The zero-order chi connectivity index (χ0) is 63.8. The fourth-order valence-corrected chi connectivity index (χ4v) is 11.7. The summed E-state index contributed by atoms with van der Waals surface area (Å²) in [6, 6.07) is -6.07. The van der Waals surface area contributed by atoms with Gasteiger partial charge in [-0.1, -0.05) is 26.7 Å². The van der Waals surface area contributed by atoms with E-state index in [2.05, 4.69) is 9.98 Å². The van der Waals surface area contributed by atoms with Gasteiger partial charge in [0.25, 0.3) is 0 Å². The van der Waals surface area contributed by atoms with Crippen LogP contribution in [-0.4, -0.2) is 291 Å². The molecule has 0 radical (unpaired) electrons. The van der Waals surface area contributed by atoms with Crippen molar-refractivity contribution in [2.75, 3.05) is 6.61 Å². The van der Waals surface area contributed by atoms with Crippen LogP contribution in [0.3, 0.4) is 0 Å². The molecule has 6 fully saturated rings. The van der Waals surface area contributed by atoms with Crippen LogP contribution in [-0.2, 0) is 47.5 Å². The number of hydrogen-bond donors (Lipinski definition) is 22. The number of guanidine groups is 2. The van der Waals surface area contributed by atoms with E-state index in [1.165, 1.54) is 6.92 Å². The number of hydrogen-bond acceptors (Lipinski definition) is 30. The summed E-state index contributed by atoms with van der Waals surface area (Å²) in [5.41, 5.74) is 46.8. The second-order valence-corrected chi connectivity index (χ2v) is 23.2. The molecule has 0 spiro atoms. The van der Waals surface area contributed by atoms with Crippen LogP contribution in [0.1, 0.15) is 86.0 Å². The van der Waals surface area contributed by atoms with Gasteiger partial charge >= 0.3 is 0 Å². The van der Waals surface area contributed by atoms with Crippen molar-refractivity contribution >= 4 is 23.5 Å². The van der Waals surface area contributed by atoms with Gasteiger partial charge in [0.1, 0.15) is 110 Å². The van der Waals surface area contributed by atoms with E-state index < -0.39 is 220 Å². The lowest BCUT2D eigenvalue weighted by Crippen LogP contribution is -2.67. The van der Waals surface area contributed by atoms with Crippen molar-refractivity contribution in [1.29, 1.82) is 0 Å². The zero-order valence-electron chi connectivity index (χ0n) is 48.3. The molecular formula is C51H96N10O24. The molecule has 0 aromatic carbocycles. The number of carbonyl (C=O) groups is 2. The van der Waals surface area contributed by atoms with Crippen molar-refractivity contribution in [1.82, 2.24) is 0 Å². The molecule has 2 aliphatic carbocycles. The van der Waals surface area contributed by atoms with E-state index in [0.717, 1.165) is 0 Å². The van der Waals surface area contributed by atoms with E-state index >= 15 is 0 Å². The summed E-state index contributed by atoms with van der Waals surface area (Å²) in [5, 5.41) is 147. The number of carbonyl (C=O) groups excluding carboxylic acids is 2. The van der Waals surface area contributed by atoms with Crippen molar-refractivity contribution in [2.24, 2.45) is 67.7 Å². The fraction of sp³-hybridized carbons (Fsp3) is 0.922. The molecule has 6 rings (SSSR count). The third-order valence-electron chi connectivity index (χ3n) is 16.5. The fourth-order valence-electron chi connectivity index (χ4n) is 11.7. The Balaban J connectivity index is 0.000000311. The molecule has 6 aliphatic rings. The number of ether oxygens (including phenoxy) is 8. The van der Waals surface area contributed by atoms with Gasteiger partial charge in [-0.25, -0.2) is 9.98 Å². The first-order valence-electron chi connectivity index (χ1n) is 28.7. The first-order chi connectivity index (χ1) is 39.8. The van der Waals surface area contributed by atoms with Gasteiger partial charge in [0.2, 0.25) is 0 Å². The van der Waals surface area contributed by atoms with Gasteiger partial charge in [-0.05, 0) is 58.3 Å². The van der Waals surface area contributed by atoms with Gasteiger partial charge in [-0.15, -0.1) is 0 Å².